The van der Waals surface area contributed by atoms with Gasteiger partial charge in [0.2, 0.25) is 0 Å². The third kappa shape index (κ3) is 1.87. The molecule has 0 saturated heterocycles. The molecule has 100 valence electrons. The summed E-state index contributed by atoms with van der Waals surface area (Å²) in [5.74, 6) is -1.92. The topological polar surface area (TPSA) is 60.4 Å². The fourth-order valence-corrected chi connectivity index (χ4v) is 2.84. The van der Waals surface area contributed by atoms with E-state index in [4.69, 9.17) is 4.74 Å². The maximum atomic E-state index is 12.1. The summed E-state index contributed by atoms with van der Waals surface area (Å²) >= 11 is 0. The number of ketones is 1. The Bertz CT molecular complexity index is 508. The number of carbonyl (C=O) groups is 3. The SMILES string of the molecule is CCOC(=O)[C@@]1(C(C)=O)[C@H](C=O)[C@H]1c1ccccc1. The van der Waals surface area contributed by atoms with Crippen LogP contribution in [-0.2, 0) is 19.1 Å². The van der Waals surface area contributed by atoms with Crippen LogP contribution >= 0.6 is 0 Å². The molecule has 0 spiro atoms. The summed E-state index contributed by atoms with van der Waals surface area (Å²) < 4.78 is 5.00. The van der Waals surface area contributed by atoms with Gasteiger partial charge in [0.25, 0.3) is 0 Å². The number of benzene rings is 1. The van der Waals surface area contributed by atoms with Crippen molar-refractivity contribution < 1.29 is 19.1 Å². The molecule has 0 heterocycles. The van der Waals surface area contributed by atoms with Crippen LogP contribution in [0.25, 0.3) is 0 Å². The monoisotopic (exact) mass is 260 g/mol. The van der Waals surface area contributed by atoms with Crippen LogP contribution in [0, 0.1) is 11.3 Å². The second-order valence-corrected chi connectivity index (χ2v) is 4.70. The molecule has 1 aliphatic carbocycles. The van der Waals surface area contributed by atoms with E-state index in [2.05, 4.69) is 0 Å². The Morgan fingerprint density at radius 2 is 1.95 bits per heavy atom. The van der Waals surface area contributed by atoms with Crippen molar-refractivity contribution in [3.8, 4) is 0 Å². The molecule has 1 aromatic rings. The molecule has 0 aliphatic heterocycles. The number of carbonyl (C=O) groups excluding carboxylic acids is 3. The lowest BCUT2D eigenvalue weighted by atomic mass is 9.94. The molecule has 1 aliphatic rings. The van der Waals surface area contributed by atoms with Crippen molar-refractivity contribution in [1.82, 2.24) is 0 Å². The highest BCUT2D eigenvalue weighted by molar-refractivity contribution is 6.11. The van der Waals surface area contributed by atoms with Gasteiger partial charge in [0.05, 0.1) is 6.61 Å². The van der Waals surface area contributed by atoms with Crippen molar-refractivity contribution in [3.63, 3.8) is 0 Å². The Hall–Kier alpha value is -1.97. The van der Waals surface area contributed by atoms with Gasteiger partial charge in [-0.3, -0.25) is 9.59 Å². The van der Waals surface area contributed by atoms with Crippen LogP contribution in [0.1, 0.15) is 25.3 Å². The molecular formula is C15H16O4. The predicted octanol–water partition coefficient (Wildman–Crippen LogP) is 1.74. The van der Waals surface area contributed by atoms with Crippen LogP contribution in [0.2, 0.25) is 0 Å². The average Bonchev–Trinajstić information content (AvgIpc) is 3.10. The number of hydrogen-bond donors (Lipinski definition) is 0. The first kappa shape index (κ1) is 13.5. The second-order valence-electron chi connectivity index (χ2n) is 4.70. The Labute approximate surface area is 111 Å². The van der Waals surface area contributed by atoms with Crippen molar-refractivity contribution >= 4 is 18.0 Å². The lowest BCUT2D eigenvalue weighted by molar-refractivity contribution is -0.154. The molecule has 0 unspecified atom stereocenters. The first-order chi connectivity index (χ1) is 9.10. The van der Waals surface area contributed by atoms with Gasteiger partial charge in [0.15, 0.2) is 0 Å². The lowest BCUT2D eigenvalue weighted by Crippen LogP contribution is -2.29. The summed E-state index contributed by atoms with van der Waals surface area (Å²) in [5, 5.41) is 0. The molecule has 1 fully saturated rings. The van der Waals surface area contributed by atoms with Gasteiger partial charge in [0, 0.05) is 11.8 Å². The highest BCUT2D eigenvalue weighted by atomic mass is 16.5. The molecule has 0 amide bonds. The molecule has 4 nitrogen and oxygen atoms in total. The number of rotatable bonds is 5. The standard InChI is InChI=1S/C15H16O4/c1-3-19-14(18)15(10(2)17)12(9-16)13(15)11-7-5-4-6-8-11/h4-9,12-13H,3H2,1-2H3/t12-,13-,15+/m1/s1. The number of ether oxygens (including phenoxy) is 1. The van der Waals surface area contributed by atoms with Crippen LogP contribution < -0.4 is 0 Å². The minimum Gasteiger partial charge on any atom is -0.465 e. The van der Waals surface area contributed by atoms with Gasteiger partial charge in [-0.1, -0.05) is 30.3 Å². The molecule has 1 saturated carbocycles. The minimum atomic E-state index is -1.32. The highest BCUT2D eigenvalue weighted by Gasteiger charge is 2.74. The summed E-state index contributed by atoms with van der Waals surface area (Å²) in [6.07, 6.45) is 0.690. The zero-order valence-corrected chi connectivity index (χ0v) is 11.0. The average molecular weight is 260 g/mol. The number of hydrogen-bond acceptors (Lipinski definition) is 4. The van der Waals surface area contributed by atoms with E-state index in [1.807, 2.05) is 30.3 Å². The van der Waals surface area contributed by atoms with E-state index in [-0.39, 0.29) is 12.4 Å². The number of esters is 1. The molecule has 19 heavy (non-hydrogen) atoms. The maximum Gasteiger partial charge on any atom is 0.321 e. The molecule has 3 atom stereocenters. The van der Waals surface area contributed by atoms with Crippen LogP contribution in [0.3, 0.4) is 0 Å². The van der Waals surface area contributed by atoms with Crippen LogP contribution in [0.15, 0.2) is 30.3 Å². The zero-order chi connectivity index (χ0) is 14.0. The van der Waals surface area contributed by atoms with E-state index >= 15 is 0 Å². The van der Waals surface area contributed by atoms with Gasteiger partial charge < -0.3 is 9.53 Å². The molecule has 1 aromatic carbocycles. The number of Topliss-reactive ketones (excluding diaryl/α,β-unsaturated/α-hetero) is 1. The molecule has 0 aromatic heterocycles. The molecule has 0 N–H and O–H groups in total. The predicted molar refractivity (Wildman–Crippen MR) is 68.5 cm³/mol. The quantitative estimate of drug-likeness (QED) is 0.459. The summed E-state index contributed by atoms with van der Waals surface area (Å²) in [4.78, 5) is 35.3. The Morgan fingerprint density at radius 1 is 1.32 bits per heavy atom. The van der Waals surface area contributed by atoms with Crippen molar-refractivity contribution in [2.24, 2.45) is 11.3 Å². The van der Waals surface area contributed by atoms with Gasteiger partial charge in [0.1, 0.15) is 17.5 Å². The smallest absolute Gasteiger partial charge is 0.321 e. The van der Waals surface area contributed by atoms with Crippen LogP contribution in [0.4, 0.5) is 0 Å². The lowest BCUT2D eigenvalue weighted by Gasteiger charge is -2.12. The maximum absolute atomic E-state index is 12.1. The molecule has 4 heteroatoms. The summed E-state index contributed by atoms with van der Waals surface area (Å²) in [6.45, 7) is 3.22. The Balaban J connectivity index is 2.42. The Kier molecular flexibility index (Phi) is 3.51. The van der Waals surface area contributed by atoms with Crippen molar-refractivity contribution in [1.29, 1.82) is 0 Å². The highest BCUT2D eigenvalue weighted by Crippen LogP contribution is 2.65. The van der Waals surface area contributed by atoms with Crippen molar-refractivity contribution in [2.75, 3.05) is 6.61 Å². The van der Waals surface area contributed by atoms with E-state index in [0.29, 0.717) is 6.29 Å². The van der Waals surface area contributed by atoms with Crippen LogP contribution in [0.5, 0.6) is 0 Å². The van der Waals surface area contributed by atoms with E-state index in [1.165, 1.54) is 6.92 Å². The third-order valence-electron chi connectivity index (χ3n) is 3.77. The van der Waals surface area contributed by atoms with E-state index in [9.17, 15) is 14.4 Å². The summed E-state index contributed by atoms with van der Waals surface area (Å²) in [5.41, 5.74) is -0.498. The first-order valence-electron chi connectivity index (χ1n) is 6.29. The summed E-state index contributed by atoms with van der Waals surface area (Å²) in [7, 11) is 0. The van der Waals surface area contributed by atoms with Crippen LogP contribution in [-0.4, -0.2) is 24.6 Å². The van der Waals surface area contributed by atoms with Gasteiger partial charge in [-0.15, -0.1) is 0 Å². The fourth-order valence-electron chi connectivity index (χ4n) is 2.84. The van der Waals surface area contributed by atoms with Gasteiger partial charge in [-0.25, -0.2) is 0 Å². The van der Waals surface area contributed by atoms with E-state index < -0.39 is 23.2 Å². The van der Waals surface area contributed by atoms with Gasteiger partial charge >= 0.3 is 5.97 Å². The summed E-state index contributed by atoms with van der Waals surface area (Å²) in [6, 6.07) is 9.15. The largest absolute Gasteiger partial charge is 0.465 e. The molecule has 2 rings (SSSR count). The van der Waals surface area contributed by atoms with E-state index in [1.54, 1.807) is 6.92 Å². The second kappa shape index (κ2) is 4.96. The number of aldehydes is 1. The zero-order valence-electron chi connectivity index (χ0n) is 11.0. The van der Waals surface area contributed by atoms with Gasteiger partial charge in [-0.2, -0.15) is 0 Å². The fraction of sp³-hybridized carbons (Fsp3) is 0.400. The van der Waals surface area contributed by atoms with Crippen molar-refractivity contribution in [2.45, 2.75) is 19.8 Å². The van der Waals surface area contributed by atoms with Crippen molar-refractivity contribution in [3.05, 3.63) is 35.9 Å². The Morgan fingerprint density at radius 3 is 2.42 bits per heavy atom. The minimum absolute atomic E-state index is 0.195. The van der Waals surface area contributed by atoms with E-state index in [0.717, 1.165) is 5.56 Å². The molecular weight excluding hydrogens is 244 g/mol. The normalized spacial score (nSPS) is 28.5. The third-order valence-corrected chi connectivity index (χ3v) is 3.77. The van der Waals surface area contributed by atoms with Gasteiger partial charge in [-0.05, 0) is 19.4 Å². The molecule has 0 bridgehead atoms. The first-order valence-corrected chi connectivity index (χ1v) is 6.29. The molecule has 0 radical (unpaired) electrons.